The molecule has 4 atom stereocenters. The van der Waals surface area contributed by atoms with E-state index in [-0.39, 0.29) is 30.0 Å². The van der Waals surface area contributed by atoms with E-state index >= 15 is 0 Å². The minimum absolute atomic E-state index is 0.0730. The normalized spacial score (nSPS) is 22.9. The van der Waals surface area contributed by atoms with Crippen LogP contribution in [0.1, 0.15) is 34.6 Å². The minimum Gasteiger partial charge on any atom is -0.405 e. The maximum Gasteiger partial charge on any atom is 0.261 e. The Morgan fingerprint density at radius 1 is 1.00 bits per heavy atom. The van der Waals surface area contributed by atoms with E-state index in [4.69, 9.17) is 18.6 Å². The van der Waals surface area contributed by atoms with E-state index in [1.54, 1.807) is 7.11 Å². The Labute approximate surface area is 205 Å². The van der Waals surface area contributed by atoms with Gasteiger partial charge in [-0.2, -0.15) is 0 Å². The molecule has 0 saturated carbocycles. The second kappa shape index (κ2) is 10.9. The predicted octanol–water partition coefficient (Wildman–Crippen LogP) is 3.89. The molecule has 2 aromatic carbocycles. The fraction of sp³-hybridized carbons (Fsp3) is 0.500. The zero-order chi connectivity index (χ0) is 25.0. The molecule has 1 aliphatic heterocycles. The summed E-state index contributed by atoms with van der Waals surface area (Å²) in [7, 11) is -1.11. The average Bonchev–Trinajstić information content (AvgIpc) is 2.82. The third-order valence-corrected chi connectivity index (χ3v) is 12.0. The van der Waals surface area contributed by atoms with Crippen LogP contribution in [0.25, 0.3) is 0 Å². The first kappa shape index (κ1) is 26.8. The number of ether oxygens (including phenoxy) is 3. The third-order valence-electron chi connectivity index (χ3n) is 6.95. The molecule has 5 nitrogen and oxygen atoms in total. The summed E-state index contributed by atoms with van der Waals surface area (Å²) >= 11 is 0. The lowest BCUT2D eigenvalue weighted by Gasteiger charge is -2.46. The van der Waals surface area contributed by atoms with Crippen LogP contribution in [-0.2, 0) is 18.6 Å². The molecular formula is C28H40O5Si. The van der Waals surface area contributed by atoms with Gasteiger partial charge in [0, 0.05) is 12.5 Å². The van der Waals surface area contributed by atoms with Gasteiger partial charge in [0.2, 0.25) is 0 Å². The van der Waals surface area contributed by atoms with Gasteiger partial charge < -0.3 is 23.7 Å². The number of aliphatic hydroxyl groups is 1. The van der Waals surface area contributed by atoms with Crippen LogP contribution in [0.4, 0.5) is 0 Å². The second-order valence-corrected chi connectivity index (χ2v) is 14.9. The molecule has 0 amide bonds. The van der Waals surface area contributed by atoms with Gasteiger partial charge in [-0.15, -0.1) is 6.58 Å². The largest absolute Gasteiger partial charge is 0.405 e. The lowest BCUT2D eigenvalue weighted by Crippen LogP contribution is -2.68. The fourth-order valence-electron chi connectivity index (χ4n) is 4.97. The maximum absolute atomic E-state index is 11.3. The van der Waals surface area contributed by atoms with Crippen molar-refractivity contribution in [3.05, 3.63) is 73.3 Å². The number of hydrogen-bond acceptors (Lipinski definition) is 5. The van der Waals surface area contributed by atoms with Crippen LogP contribution in [0.5, 0.6) is 0 Å². The summed E-state index contributed by atoms with van der Waals surface area (Å²) in [6.45, 7) is 15.0. The van der Waals surface area contributed by atoms with Crippen LogP contribution in [0.15, 0.2) is 73.3 Å². The Hall–Kier alpha value is -1.80. The highest BCUT2D eigenvalue weighted by molar-refractivity contribution is 6.99. The molecule has 0 spiro atoms. The molecule has 2 aromatic rings. The van der Waals surface area contributed by atoms with Gasteiger partial charge in [-0.05, 0) is 15.4 Å². The molecule has 0 radical (unpaired) electrons. The molecular weight excluding hydrogens is 444 g/mol. The number of methoxy groups -OCH3 is 1. The minimum atomic E-state index is -2.74. The Morgan fingerprint density at radius 2 is 1.53 bits per heavy atom. The second-order valence-electron chi connectivity index (χ2n) is 10.6. The van der Waals surface area contributed by atoms with E-state index in [9.17, 15) is 5.11 Å². The van der Waals surface area contributed by atoms with E-state index < -0.39 is 26.6 Å². The zero-order valence-corrected chi connectivity index (χ0v) is 22.4. The van der Waals surface area contributed by atoms with Gasteiger partial charge >= 0.3 is 0 Å². The lowest BCUT2D eigenvalue weighted by molar-refractivity contribution is -0.266. The van der Waals surface area contributed by atoms with Gasteiger partial charge in [0.15, 0.2) is 0 Å². The van der Waals surface area contributed by atoms with Gasteiger partial charge in [-0.1, -0.05) is 101 Å². The molecule has 1 N–H and O–H groups in total. The molecule has 1 fully saturated rings. The number of aliphatic hydroxyl groups excluding tert-OH is 1. The van der Waals surface area contributed by atoms with E-state index in [0.717, 1.165) is 0 Å². The topological polar surface area (TPSA) is 57.2 Å². The summed E-state index contributed by atoms with van der Waals surface area (Å²) in [5.74, 6) is 0. The van der Waals surface area contributed by atoms with Crippen molar-refractivity contribution in [3.8, 4) is 0 Å². The Bertz CT molecular complexity index is 870. The third kappa shape index (κ3) is 5.22. The van der Waals surface area contributed by atoms with E-state index in [2.05, 4.69) is 75.9 Å². The predicted molar refractivity (Wildman–Crippen MR) is 139 cm³/mol. The van der Waals surface area contributed by atoms with Crippen LogP contribution < -0.4 is 10.4 Å². The first-order valence-corrected chi connectivity index (χ1v) is 13.8. The number of hydrogen-bond donors (Lipinski definition) is 1. The van der Waals surface area contributed by atoms with Crippen LogP contribution >= 0.6 is 0 Å². The highest BCUT2D eigenvalue weighted by atomic mass is 28.4. The molecule has 0 aliphatic carbocycles. The quantitative estimate of drug-likeness (QED) is 0.432. The molecule has 0 unspecified atom stereocenters. The molecule has 3 rings (SSSR count). The SMILES string of the molecule is C=CC(C)(C)[C@H](OC)[C@H]1OCO[C@H](CO[Si](c2ccccc2)(c2ccccc2)C(C)(C)C)[C@H]1O. The van der Waals surface area contributed by atoms with Crippen molar-refractivity contribution in [2.24, 2.45) is 5.41 Å². The molecule has 0 bridgehead atoms. The first-order valence-electron chi connectivity index (χ1n) is 11.9. The van der Waals surface area contributed by atoms with Crippen molar-refractivity contribution in [1.29, 1.82) is 0 Å². The molecule has 1 aliphatic rings. The van der Waals surface area contributed by atoms with Gasteiger partial charge in [-0.25, -0.2) is 0 Å². The lowest BCUT2D eigenvalue weighted by atomic mass is 9.81. The number of benzene rings is 2. The average molecular weight is 485 g/mol. The van der Waals surface area contributed by atoms with Crippen LogP contribution in [0.3, 0.4) is 0 Å². The van der Waals surface area contributed by atoms with Gasteiger partial charge in [-0.3, -0.25) is 0 Å². The van der Waals surface area contributed by atoms with Crippen molar-refractivity contribution in [3.63, 3.8) is 0 Å². The molecule has 186 valence electrons. The smallest absolute Gasteiger partial charge is 0.261 e. The van der Waals surface area contributed by atoms with Gasteiger partial charge in [0.05, 0.1) is 12.7 Å². The summed E-state index contributed by atoms with van der Waals surface area (Å²) < 4.78 is 24.5. The summed E-state index contributed by atoms with van der Waals surface area (Å²) in [5, 5.41) is 13.5. The standard InChI is InChI=1S/C28H40O5Si/c1-8-28(5,6)26(30-7)25-24(29)23(31-20-32-25)19-33-34(27(2,3)4,21-15-11-9-12-16-21)22-17-13-10-14-18-22/h8-18,23-26,29H,1,19-20H2,2-7H3/t23-,24-,25+,26-/m1/s1. The van der Waals surface area contributed by atoms with Crippen molar-refractivity contribution >= 4 is 18.7 Å². The van der Waals surface area contributed by atoms with E-state index in [0.29, 0.717) is 0 Å². The monoisotopic (exact) mass is 484 g/mol. The maximum atomic E-state index is 11.3. The first-order chi connectivity index (χ1) is 16.1. The van der Waals surface area contributed by atoms with Crippen molar-refractivity contribution < 1.29 is 23.7 Å². The highest BCUT2D eigenvalue weighted by Gasteiger charge is 2.52. The molecule has 34 heavy (non-hydrogen) atoms. The van der Waals surface area contributed by atoms with Crippen LogP contribution in [0.2, 0.25) is 5.04 Å². The van der Waals surface area contributed by atoms with Crippen molar-refractivity contribution in [2.75, 3.05) is 20.5 Å². The zero-order valence-electron chi connectivity index (χ0n) is 21.4. The van der Waals surface area contributed by atoms with E-state index in [1.165, 1.54) is 10.4 Å². The Kier molecular flexibility index (Phi) is 8.55. The summed E-state index contributed by atoms with van der Waals surface area (Å²) in [6, 6.07) is 20.9. The molecule has 0 aromatic heterocycles. The summed E-state index contributed by atoms with van der Waals surface area (Å²) in [4.78, 5) is 0. The molecule has 6 heteroatoms. The van der Waals surface area contributed by atoms with Gasteiger partial charge in [0.1, 0.15) is 25.1 Å². The van der Waals surface area contributed by atoms with E-state index in [1.807, 2.05) is 32.1 Å². The van der Waals surface area contributed by atoms with Gasteiger partial charge in [0.25, 0.3) is 8.32 Å². The van der Waals surface area contributed by atoms with Crippen molar-refractivity contribution in [1.82, 2.24) is 0 Å². The van der Waals surface area contributed by atoms with Crippen LogP contribution in [0, 0.1) is 5.41 Å². The van der Waals surface area contributed by atoms with Crippen molar-refractivity contribution in [2.45, 2.75) is 64.1 Å². The Balaban J connectivity index is 1.95. The number of rotatable bonds is 9. The van der Waals surface area contributed by atoms with Crippen LogP contribution in [-0.4, -0.2) is 58.3 Å². The Morgan fingerprint density at radius 3 is 1.97 bits per heavy atom. The molecule has 1 heterocycles. The summed E-state index contributed by atoms with van der Waals surface area (Å²) in [6.07, 6.45) is -0.547. The fourth-order valence-corrected chi connectivity index (χ4v) is 9.54. The summed E-state index contributed by atoms with van der Waals surface area (Å²) in [5.41, 5.74) is -0.388. The highest BCUT2D eigenvalue weighted by Crippen LogP contribution is 2.38. The molecule has 1 saturated heterocycles.